The van der Waals surface area contributed by atoms with E-state index in [2.05, 4.69) is 10.1 Å². The molecule has 0 aliphatic carbocycles. The molecule has 0 saturated heterocycles. The molecule has 1 aromatic carbocycles. The number of nitrogens with two attached hydrogens (primary N) is 1. The fourth-order valence-corrected chi connectivity index (χ4v) is 1.69. The molecule has 6 heteroatoms. The molecule has 18 heavy (non-hydrogen) atoms. The van der Waals surface area contributed by atoms with E-state index in [1.807, 2.05) is 0 Å². The third-order valence-corrected chi connectivity index (χ3v) is 2.52. The van der Waals surface area contributed by atoms with Crippen LogP contribution in [0.1, 0.15) is 5.56 Å². The molecule has 2 aromatic rings. The fourth-order valence-electron chi connectivity index (χ4n) is 1.42. The summed E-state index contributed by atoms with van der Waals surface area (Å²) in [5.41, 5.74) is 5.91. The molecular weight excluding hydrogens is 254 g/mol. The van der Waals surface area contributed by atoms with Crippen LogP contribution in [0.3, 0.4) is 0 Å². The van der Waals surface area contributed by atoms with E-state index in [1.165, 1.54) is 0 Å². The van der Waals surface area contributed by atoms with Gasteiger partial charge in [0.05, 0.1) is 16.8 Å². The molecule has 0 atom stereocenters. The first-order valence-electron chi connectivity index (χ1n) is 5.06. The van der Waals surface area contributed by atoms with E-state index in [-0.39, 0.29) is 5.84 Å². The van der Waals surface area contributed by atoms with E-state index in [0.29, 0.717) is 22.1 Å². The van der Waals surface area contributed by atoms with Crippen molar-refractivity contribution in [2.75, 3.05) is 0 Å². The highest BCUT2D eigenvalue weighted by molar-refractivity contribution is 6.34. The van der Waals surface area contributed by atoms with Crippen molar-refractivity contribution >= 4 is 17.4 Å². The van der Waals surface area contributed by atoms with Gasteiger partial charge in [0, 0.05) is 6.20 Å². The van der Waals surface area contributed by atoms with Crippen molar-refractivity contribution in [2.24, 2.45) is 10.9 Å². The second-order valence-corrected chi connectivity index (χ2v) is 3.80. The maximum Gasteiger partial charge on any atom is 0.175 e. The molecule has 0 radical (unpaired) electrons. The smallest absolute Gasteiger partial charge is 0.175 e. The van der Waals surface area contributed by atoms with Gasteiger partial charge < -0.3 is 15.7 Å². The number of benzene rings is 1. The van der Waals surface area contributed by atoms with Crippen molar-refractivity contribution in [3.63, 3.8) is 0 Å². The average molecular weight is 264 g/mol. The van der Waals surface area contributed by atoms with Crippen LogP contribution in [0.4, 0.5) is 0 Å². The third kappa shape index (κ3) is 2.52. The second kappa shape index (κ2) is 5.37. The summed E-state index contributed by atoms with van der Waals surface area (Å²) < 4.78 is 5.59. The monoisotopic (exact) mass is 263 g/mol. The molecule has 0 aliphatic heterocycles. The summed E-state index contributed by atoms with van der Waals surface area (Å²) in [6.45, 7) is 0. The Morgan fingerprint density at radius 2 is 2.17 bits per heavy atom. The molecule has 1 aromatic heterocycles. The standard InChI is InChI=1S/C12H10ClN3O2/c13-9-4-1-5-10(11(9)12(14)16-17)18-8-3-2-6-15-7-8/h1-7,17H,(H2,14,16). The number of oxime groups is 1. The maximum absolute atomic E-state index is 8.74. The first-order valence-corrected chi connectivity index (χ1v) is 5.44. The summed E-state index contributed by atoms with van der Waals surface area (Å²) in [5.74, 6) is 0.817. The van der Waals surface area contributed by atoms with E-state index < -0.39 is 0 Å². The minimum absolute atomic E-state index is 0.112. The van der Waals surface area contributed by atoms with Gasteiger partial charge in [-0.05, 0) is 24.3 Å². The van der Waals surface area contributed by atoms with E-state index in [1.54, 1.807) is 42.7 Å². The molecule has 5 nitrogen and oxygen atoms in total. The van der Waals surface area contributed by atoms with Gasteiger partial charge in [0.15, 0.2) is 5.84 Å². The number of ether oxygens (including phenoxy) is 1. The minimum Gasteiger partial charge on any atom is -0.455 e. The Morgan fingerprint density at radius 1 is 1.33 bits per heavy atom. The van der Waals surface area contributed by atoms with Gasteiger partial charge in [-0.15, -0.1) is 0 Å². The normalized spacial score (nSPS) is 11.3. The van der Waals surface area contributed by atoms with Crippen LogP contribution in [0.5, 0.6) is 11.5 Å². The van der Waals surface area contributed by atoms with Crippen molar-refractivity contribution in [3.05, 3.63) is 53.3 Å². The van der Waals surface area contributed by atoms with Crippen molar-refractivity contribution in [1.82, 2.24) is 4.98 Å². The predicted octanol–water partition coefficient (Wildman–Crippen LogP) is 2.62. The number of aromatic nitrogens is 1. The van der Waals surface area contributed by atoms with Gasteiger partial charge in [-0.3, -0.25) is 4.98 Å². The van der Waals surface area contributed by atoms with Gasteiger partial charge in [-0.1, -0.05) is 22.8 Å². The number of hydrogen-bond donors (Lipinski definition) is 2. The van der Waals surface area contributed by atoms with Crippen LogP contribution in [-0.2, 0) is 0 Å². The van der Waals surface area contributed by atoms with Crippen molar-refractivity contribution < 1.29 is 9.94 Å². The molecule has 0 saturated carbocycles. The average Bonchev–Trinajstić information content (AvgIpc) is 2.39. The Labute approximate surface area is 108 Å². The minimum atomic E-state index is -0.112. The second-order valence-electron chi connectivity index (χ2n) is 3.39. The quantitative estimate of drug-likeness (QED) is 0.386. The number of rotatable bonds is 3. The van der Waals surface area contributed by atoms with Gasteiger partial charge in [-0.2, -0.15) is 0 Å². The van der Waals surface area contributed by atoms with Crippen LogP contribution < -0.4 is 10.5 Å². The lowest BCUT2D eigenvalue weighted by molar-refractivity contribution is 0.318. The maximum atomic E-state index is 8.74. The molecule has 0 spiro atoms. The Balaban J connectivity index is 2.42. The van der Waals surface area contributed by atoms with Crippen LogP contribution in [0, 0.1) is 0 Å². The van der Waals surface area contributed by atoms with Crippen LogP contribution >= 0.6 is 11.6 Å². The summed E-state index contributed by atoms with van der Waals surface area (Å²) in [6, 6.07) is 8.49. The highest BCUT2D eigenvalue weighted by atomic mass is 35.5. The highest BCUT2D eigenvalue weighted by Gasteiger charge is 2.13. The molecule has 92 valence electrons. The molecule has 0 aliphatic rings. The van der Waals surface area contributed by atoms with E-state index >= 15 is 0 Å². The number of nitrogens with zero attached hydrogens (tertiary/aromatic N) is 2. The van der Waals surface area contributed by atoms with E-state index in [9.17, 15) is 0 Å². The first kappa shape index (κ1) is 12.2. The molecule has 0 unspecified atom stereocenters. The van der Waals surface area contributed by atoms with E-state index in [4.69, 9.17) is 27.3 Å². The highest BCUT2D eigenvalue weighted by Crippen LogP contribution is 2.29. The first-order chi connectivity index (χ1) is 8.72. The topological polar surface area (TPSA) is 80.7 Å². The lowest BCUT2D eigenvalue weighted by atomic mass is 10.2. The van der Waals surface area contributed by atoms with Crippen LogP contribution in [0.15, 0.2) is 47.9 Å². The third-order valence-electron chi connectivity index (χ3n) is 2.20. The molecule has 0 bridgehead atoms. The van der Waals surface area contributed by atoms with Gasteiger partial charge in [0.25, 0.3) is 0 Å². The zero-order valence-corrected chi connectivity index (χ0v) is 10.0. The van der Waals surface area contributed by atoms with Gasteiger partial charge in [0.2, 0.25) is 0 Å². The number of hydrogen-bond acceptors (Lipinski definition) is 4. The number of pyridine rings is 1. The Bertz CT molecular complexity index is 573. The molecule has 0 fully saturated rings. The molecule has 3 N–H and O–H groups in total. The van der Waals surface area contributed by atoms with Crippen LogP contribution in [-0.4, -0.2) is 16.0 Å². The van der Waals surface area contributed by atoms with Gasteiger partial charge >= 0.3 is 0 Å². The van der Waals surface area contributed by atoms with Crippen LogP contribution in [0.2, 0.25) is 5.02 Å². The largest absolute Gasteiger partial charge is 0.455 e. The predicted molar refractivity (Wildman–Crippen MR) is 68.3 cm³/mol. The lowest BCUT2D eigenvalue weighted by Gasteiger charge is -2.11. The Kier molecular flexibility index (Phi) is 3.64. The Morgan fingerprint density at radius 3 is 2.83 bits per heavy atom. The molecular formula is C12H10ClN3O2. The Hall–Kier alpha value is -2.27. The van der Waals surface area contributed by atoms with Crippen molar-refractivity contribution in [1.29, 1.82) is 0 Å². The summed E-state index contributed by atoms with van der Waals surface area (Å²) >= 11 is 6.00. The van der Waals surface area contributed by atoms with Crippen molar-refractivity contribution in [3.8, 4) is 11.5 Å². The zero-order chi connectivity index (χ0) is 13.0. The molecule has 0 amide bonds. The van der Waals surface area contributed by atoms with Gasteiger partial charge in [0.1, 0.15) is 11.5 Å². The van der Waals surface area contributed by atoms with Crippen LogP contribution in [0.25, 0.3) is 0 Å². The van der Waals surface area contributed by atoms with Crippen molar-refractivity contribution in [2.45, 2.75) is 0 Å². The van der Waals surface area contributed by atoms with E-state index in [0.717, 1.165) is 0 Å². The van der Waals surface area contributed by atoms with Gasteiger partial charge in [-0.25, -0.2) is 0 Å². The number of amidine groups is 1. The number of halogens is 1. The summed E-state index contributed by atoms with van der Waals surface area (Å²) in [6.07, 6.45) is 3.19. The fraction of sp³-hybridized carbons (Fsp3) is 0. The zero-order valence-electron chi connectivity index (χ0n) is 9.25. The summed E-state index contributed by atoms with van der Waals surface area (Å²) in [5, 5.41) is 12.0. The summed E-state index contributed by atoms with van der Waals surface area (Å²) in [4.78, 5) is 3.93. The molecule has 2 rings (SSSR count). The lowest BCUT2D eigenvalue weighted by Crippen LogP contribution is -2.14. The molecule has 1 heterocycles. The SMILES string of the molecule is NC(=NO)c1c(Cl)cccc1Oc1cccnc1. The summed E-state index contributed by atoms with van der Waals surface area (Å²) in [7, 11) is 0.